The lowest BCUT2D eigenvalue weighted by Gasteiger charge is -2.32. The third kappa shape index (κ3) is 1.35. The molecule has 0 saturated carbocycles. The van der Waals surface area contributed by atoms with Crippen molar-refractivity contribution in [2.45, 2.75) is 12.8 Å². The van der Waals surface area contributed by atoms with Gasteiger partial charge in [-0.3, -0.25) is 10.0 Å². The molecule has 0 saturated heterocycles. The second-order valence-corrected chi connectivity index (χ2v) is 5.00. The minimum absolute atomic E-state index is 1.10. The molecule has 2 aliphatic rings. The van der Waals surface area contributed by atoms with Gasteiger partial charge in [-0.25, -0.2) is 0 Å². The van der Waals surface area contributed by atoms with Crippen LogP contribution in [0.5, 0.6) is 0 Å². The molecule has 0 N–H and O–H groups in total. The molecule has 2 aliphatic heterocycles. The second-order valence-electron chi connectivity index (χ2n) is 5.00. The lowest BCUT2D eigenvalue weighted by molar-refractivity contribution is 0.765. The van der Waals surface area contributed by atoms with Crippen LogP contribution in [0, 0.1) is 0 Å². The zero-order chi connectivity index (χ0) is 11.9. The van der Waals surface area contributed by atoms with Crippen LogP contribution < -0.4 is 10.0 Å². The maximum absolute atomic E-state index is 2.45. The topological polar surface area (TPSA) is 6.48 Å². The summed E-state index contributed by atoms with van der Waals surface area (Å²) in [5.41, 5.74) is 5.71. The number of para-hydroxylation sites is 2. The van der Waals surface area contributed by atoms with Crippen molar-refractivity contribution in [1.29, 1.82) is 0 Å². The van der Waals surface area contributed by atoms with E-state index in [9.17, 15) is 0 Å². The van der Waals surface area contributed by atoms with Crippen molar-refractivity contribution in [3.05, 3.63) is 59.7 Å². The maximum Gasteiger partial charge on any atom is 0.0607 e. The van der Waals surface area contributed by atoms with Gasteiger partial charge >= 0.3 is 0 Å². The van der Waals surface area contributed by atoms with E-state index in [0.717, 1.165) is 25.9 Å². The largest absolute Gasteiger partial charge is 0.285 e. The number of hydrazine groups is 1. The number of hydrogen-bond acceptors (Lipinski definition) is 2. The second kappa shape index (κ2) is 3.77. The van der Waals surface area contributed by atoms with Crippen LogP contribution in [-0.2, 0) is 12.8 Å². The van der Waals surface area contributed by atoms with Crippen LogP contribution in [0.3, 0.4) is 0 Å². The molecule has 0 amide bonds. The first kappa shape index (κ1) is 10.0. The lowest BCUT2D eigenvalue weighted by atomic mass is 10.2. The molecule has 18 heavy (non-hydrogen) atoms. The molecule has 4 rings (SSSR count). The van der Waals surface area contributed by atoms with E-state index in [1.165, 1.54) is 22.5 Å². The Balaban J connectivity index is 1.75. The summed E-state index contributed by atoms with van der Waals surface area (Å²) >= 11 is 0. The third-order valence-electron chi connectivity index (χ3n) is 4.02. The van der Waals surface area contributed by atoms with Gasteiger partial charge in [-0.2, -0.15) is 0 Å². The van der Waals surface area contributed by atoms with Gasteiger partial charge in [0.25, 0.3) is 0 Å². The van der Waals surface area contributed by atoms with Gasteiger partial charge in [0.1, 0.15) is 0 Å². The Morgan fingerprint density at radius 2 is 1.06 bits per heavy atom. The minimum atomic E-state index is 1.10. The van der Waals surface area contributed by atoms with E-state index in [1.54, 1.807) is 0 Å². The summed E-state index contributed by atoms with van der Waals surface area (Å²) in [5, 5.41) is 4.89. The van der Waals surface area contributed by atoms with E-state index in [2.05, 4.69) is 58.5 Å². The minimum Gasteiger partial charge on any atom is -0.285 e. The van der Waals surface area contributed by atoms with E-state index < -0.39 is 0 Å². The van der Waals surface area contributed by atoms with Gasteiger partial charge in [0.05, 0.1) is 11.4 Å². The van der Waals surface area contributed by atoms with Gasteiger partial charge in [0.15, 0.2) is 0 Å². The van der Waals surface area contributed by atoms with Gasteiger partial charge in [-0.15, -0.1) is 0 Å². The van der Waals surface area contributed by atoms with Gasteiger partial charge in [-0.1, -0.05) is 36.4 Å². The van der Waals surface area contributed by atoms with E-state index >= 15 is 0 Å². The van der Waals surface area contributed by atoms with Crippen LogP contribution in [0.2, 0.25) is 0 Å². The summed E-state index contributed by atoms with van der Waals surface area (Å²) in [6.07, 6.45) is 2.32. The van der Waals surface area contributed by atoms with Gasteiger partial charge in [0.2, 0.25) is 0 Å². The molecule has 0 spiro atoms. The van der Waals surface area contributed by atoms with Crippen LogP contribution in [-0.4, -0.2) is 13.1 Å². The Morgan fingerprint density at radius 1 is 0.611 bits per heavy atom. The summed E-state index contributed by atoms with van der Waals surface area (Å²) in [7, 11) is 0. The average molecular weight is 236 g/mol. The van der Waals surface area contributed by atoms with Crippen LogP contribution in [0.15, 0.2) is 48.5 Å². The molecule has 0 radical (unpaired) electrons. The van der Waals surface area contributed by atoms with Gasteiger partial charge in [-0.05, 0) is 36.1 Å². The van der Waals surface area contributed by atoms with Gasteiger partial charge < -0.3 is 0 Å². The van der Waals surface area contributed by atoms with Crippen LogP contribution in [0.25, 0.3) is 0 Å². The fraction of sp³-hybridized carbons (Fsp3) is 0.250. The third-order valence-corrected chi connectivity index (χ3v) is 4.02. The van der Waals surface area contributed by atoms with Crippen molar-refractivity contribution in [3.63, 3.8) is 0 Å². The molecule has 2 nitrogen and oxygen atoms in total. The molecule has 2 aromatic rings. The maximum atomic E-state index is 2.45. The van der Waals surface area contributed by atoms with Crippen LogP contribution in [0.4, 0.5) is 11.4 Å². The van der Waals surface area contributed by atoms with E-state index in [4.69, 9.17) is 0 Å². The summed E-state index contributed by atoms with van der Waals surface area (Å²) in [5.74, 6) is 0. The smallest absolute Gasteiger partial charge is 0.0607 e. The Labute approximate surface area is 107 Å². The zero-order valence-electron chi connectivity index (χ0n) is 10.3. The molecule has 0 aliphatic carbocycles. The van der Waals surface area contributed by atoms with Crippen molar-refractivity contribution in [1.82, 2.24) is 0 Å². The molecule has 2 aromatic carbocycles. The Morgan fingerprint density at radius 3 is 1.56 bits per heavy atom. The van der Waals surface area contributed by atoms with Crippen LogP contribution >= 0.6 is 0 Å². The number of anilines is 2. The standard InChI is InChI=1S/C16H16N2/c1-3-7-15-13(5-1)9-11-17(15)18-12-10-14-6-2-4-8-16(14)18/h1-8H,9-12H2. The monoisotopic (exact) mass is 236 g/mol. The number of benzene rings is 2. The highest BCUT2D eigenvalue weighted by Gasteiger charge is 2.28. The SMILES string of the molecule is c1ccc2c(c1)CCN2N1CCc2ccccc21. The fourth-order valence-corrected chi connectivity index (χ4v) is 3.14. The predicted molar refractivity (Wildman–Crippen MR) is 75.0 cm³/mol. The lowest BCUT2D eigenvalue weighted by Crippen LogP contribution is -2.40. The van der Waals surface area contributed by atoms with Crippen molar-refractivity contribution in [3.8, 4) is 0 Å². The first-order valence-electron chi connectivity index (χ1n) is 6.64. The number of hydrogen-bond donors (Lipinski definition) is 0. The molecule has 2 heterocycles. The van der Waals surface area contributed by atoms with E-state index in [0.29, 0.717) is 0 Å². The van der Waals surface area contributed by atoms with Crippen LogP contribution in [0.1, 0.15) is 11.1 Å². The highest BCUT2D eigenvalue weighted by molar-refractivity contribution is 5.68. The summed E-state index contributed by atoms with van der Waals surface area (Å²) in [6.45, 7) is 2.21. The number of nitrogens with zero attached hydrogens (tertiary/aromatic N) is 2. The Bertz CT molecular complexity index is 538. The Hall–Kier alpha value is -1.96. The molecule has 0 unspecified atom stereocenters. The highest BCUT2D eigenvalue weighted by atomic mass is 15.6. The van der Waals surface area contributed by atoms with Crippen molar-refractivity contribution < 1.29 is 0 Å². The molecule has 2 heteroatoms. The molecule has 0 aromatic heterocycles. The summed E-state index contributed by atoms with van der Waals surface area (Å²) in [6, 6.07) is 17.5. The number of rotatable bonds is 1. The zero-order valence-corrected chi connectivity index (χ0v) is 10.3. The van der Waals surface area contributed by atoms with E-state index in [-0.39, 0.29) is 0 Å². The van der Waals surface area contributed by atoms with Gasteiger partial charge in [0, 0.05) is 13.1 Å². The summed E-state index contributed by atoms with van der Waals surface area (Å²) < 4.78 is 0. The quantitative estimate of drug-likeness (QED) is 0.751. The number of fused-ring (bicyclic) bond motifs is 2. The molecular weight excluding hydrogens is 220 g/mol. The first-order valence-corrected chi connectivity index (χ1v) is 6.64. The van der Waals surface area contributed by atoms with Crippen molar-refractivity contribution >= 4 is 11.4 Å². The molecule has 0 atom stereocenters. The highest BCUT2D eigenvalue weighted by Crippen LogP contribution is 2.35. The predicted octanol–water partition coefficient (Wildman–Crippen LogP) is 3.03. The normalized spacial score (nSPS) is 16.9. The molecular formula is C16H16N2. The molecule has 90 valence electrons. The molecule has 0 fully saturated rings. The molecule has 0 bridgehead atoms. The van der Waals surface area contributed by atoms with Crippen molar-refractivity contribution in [2.24, 2.45) is 0 Å². The summed E-state index contributed by atoms with van der Waals surface area (Å²) in [4.78, 5) is 0. The fourth-order valence-electron chi connectivity index (χ4n) is 3.14. The van der Waals surface area contributed by atoms with Crippen molar-refractivity contribution in [2.75, 3.05) is 23.1 Å². The average Bonchev–Trinajstić information content (AvgIpc) is 3.01. The Kier molecular flexibility index (Phi) is 2.10. The first-order chi connectivity index (χ1) is 8.93. The van der Waals surface area contributed by atoms with E-state index in [1.807, 2.05) is 0 Å².